The topological polar surface area (TPSA) is 139 Å². The fourth-order valence-electron chi connectivity index (χ4n) is 1.44. The van der Waals surface area contributed by atoms with E-state index in [2.05, 4.69) is 10.1 Å². The number of rotatable bonds is 9. The highest BCUT2D eigenvalue weighted by Gasteiger charge is 2.12. The van der Waals surface area contributed by atoms with E-state index in [1.807, 2.05) is 0 Å². The zero-order chi connectivity index (χ0) is 16.5. The molecule has 22 heavy (non-hydrogen) atoms. The number of hydrogen-bond acceptors (Lipinski definition) is 7. The molecular weight excluding hydrogens is 316 g/mol. The molecule has 1 amide bonds. The third kappa shape index (κ3) is 6.52. The third-order valence-corrected chi connectivity index (χ3v) is 3.16. The summed E-state index contributed by atoms with van der Waals surface area (Å²) in [6.45, 7) is -1.17. The lowest BCUT2D eigenvalue weighted by atomic mass is 10.3. The average molecular weight is 330 g/mol. The average Bonchev–Trinajstić information content (AvgIpc) is 2.44. The number of anilines is 1. The summed E-state index contributed by atoms with van der Waals surface area (Å²) < 4.78 is 4.62. The quantitative estimate of drug-likeness (QED) is 0.342. The zero-order valence-electron chi connectivity index (χ0n) is 11.4. The van der Waals surface area contributed by atoms with E-state index in [1.54, 1.807) is 0 Å². The van der Waals surface area contributed by atoms with Crippen LogP contribution in [0.15, 0.2) is 23.1 Å². The Bertz CT molecular complexity index is 564. The number of ether oxygens (including phenoxy) is 1. The van der Waals surface area contributed by atoms with Gasteiger partial charge in [0.25, 0.3) is 5.69 Å². The first-order valence-electron chi connectivity index (χ1n) is 6.05. The summed E-state index contributed by atoms with van der Waals surface area (Å²) in [5, 5.41) is 30.4. The smallest absolute Gasteiger partial charge is 0.329 e. The van der Waals surface area contributed by atoms with Crippen molar-refractivity contribution in [3.63, 3.8) is 0 Å². The van der Waals surface area contributed by atoms with E-state index in [1.165, 1.54) is 30.0 Å². The molecule has 0 spiro atoms. The number of carbonyl (C=O) groups excluding carboxylic acids is 1. The second-order valence-corrected chi connectivity index (χ2v) is 5.15. The van der Waals surface area contributed by atoms with Crippen LogP contribution in [-0.2, 0) is 14.3 Å². The van der Waals surface area contributed by atoms with Gasteiger partial charge in [0.2, 0.25) is 5.91 Å². The maximum absolute atomic E-state index is 11.6. The van der Waals surface area contributed by atoms with Gasteiger partial charge in [-0.15, -0.1) is 11.8 Å². The molecule has 1 aromatic carbocycles. The van der Waals surface area contributed by atoms with Crippen molar-refractivity contribution >= 4 is 35.0 Å². The largest absolute Gasteiger partial charge is 0.480 e. The van der Waals surface area contributed by atoms with Gasteiger partial charge in [0, 0.05) is 28.5 Å². The van der Waals surface area contributed by atoms with Crippen LogP contribution in [-0.4, -0.2) is 52.6 Å². The van der Waals surface area contributed by atoms with Crippen molar-refractivity contribution in [2.24, 2.45) is 0 Å². The first-order chi connectivity index (χ1) is 10.4. The molecule has 0 saturated heterocycles. The zero-order valence-corrected chi connectivity index (χ0v) is 12.2. The predicted octanol–water partition coefficient (Wildman–Crippen LogP) is 0.719. The van der Waals surface area contributed by atoms with Crippen LogP contribution in [0.25, 0.3) is 0 Å². The van der Waals surface area contributed by atoms with Crippen molar-refractivity contribution in [1.29, 1.82) is 0 Å². The standard InChI is InChI=1S/C12H14N2O7S/c15-1-2-22-10-4-8(3-9(5-10)14(19)20)13-11(16)6-21-7-12(17)18/h3-5,15H,1-2,6-7H2,(H,13,16)(H,17,18). The van der Waals surface area contributed by atoms with Crippen LogP contribution in [0.1, 0.15) is 0 Å². The highest BCUT2D eigenvalue weighted by molar-refractivity contribution is 7.99. The van der Waals surface area contributed by atoms with E-state index < -0.39 is 30.0 Å². The van der Waals surface area contributed by atoms with E-state index in [9.17, 15) is 19.7 Å². The minimum atomic E-state index is -1.20. The lowest BCUT2D eigenvalue weighted by Gasteiger charge is -2.07. The molecule has 0 atom stereocenters. The second kappa shape index (κ2) is 8.97. The fraction of sp³-hybridized carbons (Fsp3) is 0.333. The number of non-ortho nitro benzene ring substituents is 1. The molecule has 0 saturated carbocycles. The molecule has 0 aliphatic rings. The van der Waals surface area contributed by atoms with Crippen LogP contribution in [0.5, 0.6) is 0 Å². The Labute approximate surface area is 129 Å². The monoisotopic (exact) mass is 330 g/mol. The normalized spacial score (nSPS) is 10.2. The minimum absolute atomic E-state index is 0.0852. The highest BCUT2D eigenvalue weighted by atomic mass is 32.2. The Hall–Kier alpha value is -2.17. The molecule has 0 aliphatic heterocycles. The molecule has 1 aromatic rings. The van der Waals surface area contributed by atoms with E-state index in [-0.39, 0.29) is 18.0 Å². The third-order valence-electron chi connectivity index (χ3n) is 2.20. The number of aliphatic hydroxyl groups is 1. The molecule has 0 heterocycles. The summed E-state index contributed by atoms with van der Waals surface area (Å²) in [6, 6.07) is 4.03. The first-order valence-corrected chi connectivity index (χ1v) is 7.03. The number of nitro benzene ring substituents is 1. The lowest BCUT2D eigenvalue weighted by molar-refractivity contribution is -0.385. The molecule has 120 valence electrons. The van der Waals surface area contributed by atoms with Gasteiger partial charge in [-0.2, -0.15) is 0 Å². The molecule has 10 heteroatoms. The number of aliphatic carboxylic acids is 1. The van der Waals surface area contributed by atoms with Gasteiger partial charge in [0.15, 0.2) is 0 Å². The van der Waals surface area contributed by atoms with Crippen LogP contribution in [0.3, 0.4) is 0 Å². The molecule has 0 aromatic heterocycles. The lowest BCUT2D eigenvalue weighted by Crippen LogP contribution is -2.20. The molecule has 3 N–H and O–H groups in total. The molecule has 9 nitrogen and oxygen atoms in total. The van der Waals surface area contributed by atoms with Crippen molar-refractivity contribution in [3.05, 3.63) is 28.3 Å². The van der Waals surface area contributed by atoms with Crippen LogP contribution in [0, 0.1) is 10.1 Å². The maximum atomic E-state index is 11.6. The molecule has 0 aliphatic carbocycles. The van der Waals surface area contributed by atoms with Gasteiger partial charge in [0.1, 0.15) is 13.2 Å². The molecular formula is C12H14N2O7S. The Morgan fingerprint density at radius 1 is 1.32 bits per heavy atom. The second-order valence-electron chi connectivity index (χ2n) is 3.98. The van der Waals surface area contributed by atoms with Gasteiger partial charge in [-0.3, -0.25) is 14.9 Å². The Kier molecular flexibility index (Phi) is 7.29. The van der Waals surface area contributed by atoms with Crippen molar-refractivity contribution < 1.29 is 29.5 Å². The number of nitro groups is 1. The Morgan fingerprint density at radius 2 is 2.05 bits per heavy atom. The number of benzene rings is 1. The molecule has 0 radical (unpaired) electrons. The highest BCUT2D eigenvalue weighted by Crippen LogP contribution is 2.27. The van der Waals surface area contributed by atoms with Crippen molar-refractivity contribution in [1.82, 2.24) is 0 Å². The summed E-state index contributed by atoms with van der Waals surface area (Å²) in [4.78, 5) is 32.6. The van der Waals surface area contributed by atoms with Crippen LogP contribution in [0.2, 0.25) is 0 Å². The molecule has 0 unspecified atom stereocenters. The van der Waals surface area contributed by atoms with E-state index in [0.29, 0.717) is 10.6 Å². The van der Waals surface area contributed by atoms with Gasteiger partial charge in [-0.05, 0) is 6.07 Å². The predicted molar refractivity (Wildman–Crippen MR) is 78.0 cm³/mol. The summed E-state index contributed by atoms with van der Waals surface area (Å²) >= 11 is 1.20. The van der Waals surface area contributed by atoms with Gasteiger partial charge >= 0.3 is 5.97 Å². The molecule has 1 rings (SSSR count). The summed E-state index contributed by atoms with van der Waals surface area (Å²) in [6.07, 6.45) is 0. The number of carboxylic acids is 1. The number of carbonyl (C=O) groups is 2. The first kappa shape index (κ1) is 17.9. The SMILES string of the molecule is O=C(O)COCC(=O)Nc1cc(SCCO)cc([N+](=O)[O-])c1. The number of hydrogen-bond donors (Lipinski definition) is 3. The van der Waals surface area contributed by atoms with Crippen molar-refractivity contribution in [3.8, 4) is 0 Å². The summed E-state index contributed by atoms with van der Waals surface area (Å²) in [5.41, 5.74) is -0.0109. The molecule has 0 bridgehead atoms. The number of amides is 1. The molecule has 0 fully saturated rings. The fourth-order valence-corrected chi connectivity index (χ4v) is 2.18. The summed E-state index contributed by atoms with van der Waals surface area (Å²) in [5.74, 6) is -1.47. The maximum Gasteiger partial charge on any atom is 0.329 e. The Balaban J connectivity index is 2.75. The number of nitrogens with zero attached hydrogens (tertiary/aromatic N) is 1. The van der Waals surface area contributed by atoms with Crippen molar-refractivity contribution in [2.75, 3.05) is 30.9 Å². The summed E-state index contributed by atoms with van der Waals surface area (Å²) in [7, 11) is 0. The Morgan fingerprint density at radius 3 is 2.64 bits per heavy atom. The van der Waals surface area contributed by atoms with E-state index in [0.717, 1.165) is 0 Å². The number of nitrogens with one attached hydrogen (secondary N) is 1. The van der Waals surface area contributed by atoms with Crippen molar-refractivity contribution in [2.45, 2.75) is 4.90 Å². The number of thioether (sulfide) groups is 1. The van der Waals surface area contributed by atoms with Crippen LogP contribution >= 0.6 is 11.8 Å². The van der Waals surface area contributed by atoms with Gasteiger partial charge in [-0.25, -0.2) is 4.79 Å². The number of carboxylic acid groups (broad SMARTS) is 1. The van der Waals surface area contributed by atoms with Crippen LogP contribution in [0.4, 0.5) is 11.4 Å². The minimum Gasteiger partial charge on any atom is -0.480 e. The van der Waals surface area contributed by atoms with Gasteiger partial charge in [0.05, 0.1) is 11.5 Å². The van der Waals surface area contributed by atoms with Gasteiger partial charge < -0.3 is 20.3 Å². The van der Waals surface area contributed by atoms with Crippen LogP contribution < -0.4 is 5.32 Å². The van der Waals surface area contributed by atoms with E-state index >= 15 is 0 Å². The number of aliphatic hydroxyl groups excluding tert-OH is 1. The van der Waals surface area contributed by atoms with E-state index in [4.69, 9.17) is 10.2 Å². The van der Waals surface area contributed by atoms with Gasteiger partial charge in [-0.1, -0.05) is 0 Å².